The number of benzene rings is 1. The van der Waals surface area contributed by atoms with Crippen LogP contribution in [-0.2, 0) is 0 Å². The normalized spacial score (nSPS) is 12.1. The molecule has 2 N–H and O–H groups in total. The first-order valence-electron chi connectivity index (χ1n) is 5.90. The lowest BCUT2D eigenvalue weighted by atomic mass is 10.0. The van der Waals surface area contributed by atoms with Gasteiger partial charge < -0.3 is 19.9 Å². The quantitative estimate of drug-likeness (QED) is 0.888. The third kappa shape index (κ3) is 2.63. The molecule has 0 aliphatic carbocycles. The van der Waals surface area contributed by atoms with Gasteiger partial charge in [0.2, 0.25) is 5.75 Å². The third-order valence-electron chi connectivity index (χ3n) is 3.05. The Morgan fingerprint density at radius 2 is 1.70 bits per heavy atom. The van der Waals surface area contributed by atoms with Crippen LogP contribution in [0.15, 0.2) is 27.4 Å². The molecular formula is C14H16BrNO3S. The van der Waals surface area contributed by atoms with E-state index in [1.807, 2.05) is 22.9 Å². The van der Waals surface area contributed by atoms with Crippen LogP contribution in [0.3, 0.4) is 0 Å². The summed E-state index contributed by atoms with van der Waals surface area (Å²) in [5.41, 5.74) is 8.22. The summed E-state index contributed by atoms with van der Waals surface area (Å²) in [5, 5.41) is 4.02. The van der Waals surface area contributed by atoms with Gasteiger partial charge in [-0.2, -0.15) is 11.3 Å². The summed E-state index contributed by atoms with van der Waals surface area (Å²) < 4.78 is 17.1. The molecule has 108 valence electrons. The van der Waals surface area contributed by atoms with Gasteiger partial charge in [-0.05, 0) is 39.0 Å². The second-order valence-electron chi connectivity index (χ2n) is 4.08. The zero-order chi connectivity index (χ0) is 14.7. The summed E-state index contributed by atoms with van der Waals surface area (Å²) in [5.74, 6) is 1.76. The van der Waals surface area contributed by atoms with Crippen molar-refractivity contribution in [2.45, 2.75) is 6.04 Å². The first-order valence-corrected chi connectivity index (χ1v) is 7.63. The van der Waals surface area contributed by atoms with Gasteiger partial charge in [-0.3, -0.25) is 0 Å². The van der Waals surface area contributed by atoms with E-state index in [9.17, 15) is 0 Å². The van der Waals surface area contributed by atoms with Crippen molar-refractivity contribution in [3.05, 3.63) is 38.5 Å². The minimum absolute atomic E-state index is 0.301. The Labute approximate surface area is 130 Å². The zero-order valence-corrected chi connectivity index (χ0v) is 13.9. The molecule has 0 bridgehead atoms. The molecule has 1 unspecified atom stereocenters. The van der Waals surface area contributed by atoms with Crippen LogP contribution >= 0.6 is 27.3 Å². The first-order chi connectivity index (χ1) is 9.63. The highest BCUT2D eigenvalue weighted by molar-refractivity contribution is 9.10. The zero-order valence-electron chi connectivity index (χ0n) is 11.5. The van der Waals surface area contributed by atoms with Crippen molar-refractivity contribution in [2.24, 2.45) is 5.73 Å². The number of rotatable bonds is 5. The molecule has 1 aromatic carbocycles. The lowest BCUT2D eigenvalue weighted by molar-refractivity contribution is 0.321. The standard InChI is InChI=1S/C14H16BrNO3S/c1-17-11-5-4-8(13(18-2)14(11)19-3)12(16)9-6-20-7-10(9)15/h4-7,12H,16H2,1-3H3. The van der Waals surface area contributed by atoms with E-state index in [0.717, 1.165) is 15.6 Å². The van der Waals surface area contributed by atoms with Crippen LogP contribution in [0.2, 0.25) is 0 Å². The summed E-state index contributed by atoms with van der Waals surface area (Å²) in [6, 6.07) is 3.43. The average molecular weight is 358 g/mol. The maximum absolute atomic E-state index is 6.35. The summed E-state index contributed by atoms with van der Waals surface area (Å²) in [6.07, 6.45) is 0. The van der Waals surface area contributed by atoms with Crippen molar-refractivity contribution in [2.75, 3.05) is 21.3 Å². The maximum atomic E-state index is 6.35. The number of nitrogens with two attached hydrogens (primary N) is 1. The summed E-state index contributed by atoms with van der Waals surface area (Å²) >= 11 is 5.10. The van der Waals surface area contributed by atoms with Gasteiger partial charge >= 0.3 is 0 Å². The molecule has 0 amide bonds. The smallest absolute Gasteiger partial charge is 0.203 e. The highest BCUT2D eigenvalue weighted by atomic mass is 79.9. The Bertz CT molecular complexity index is 600. The summed E-state index contributed by atoms with van der Waals surface area (Å²) in [7, 11) is 4.76. The van der Waals surface area contributed by atoms with E-state index in [-0.39, 0.29) is 6.04 Å². The number of thiophene rings is 1. The SMILES string of the molecule is COc1ccc(C(N)c2cscc2Br)c(OC)c1OC. The van der Waals surface area contributed by atoms with Gasteiger partial charge in [0.05, 0.1) is 27.4 Å². The third-order valence-corrected chi connectivity index (χ3v) is 4.80. The lowest BCUT2D eigenvalue weighted by Crippen LogP contribution is -2.13. The Hall–Kier alpha value is -1.24. The van der Waals surface area contributed by atoms with Crippen LogP contribution in [0.1, 0.15) is 17.2 Å². The van der Waals surface area contributed by atoms with Crippen molar-refractivity contribution in [1.29, 1.82) is 0 Å². The summed E-state index contributed by atoms with van der Waals surface area (Å²) in [4.78, 5) is 0. The molecule has 0 saturated heterocycles. The molecule has 0 aliphatic rings. The maximum Gasteiger partial charge on any atom is 0.203 e. The lowest BCUT2D eigenvalue weighted by Gasteiger charge is -2.19. The van der Waals surface area contributed by atoms with Crippen LogP contribution in [0.5, 0.6) is 17.2 Å². The van der Waals surface area contributed by atoms with Crippen LogP contribution in [0.4, 0.5) is 0 Å². The summed E-state index contributed by atoms with van der Waals surface area (Å²) in [6.45, 7) is 0. The number of ether oxygens (including phenoxy) is 3. The van der Waals surface area contributed by atoms with E-state index >= 15 is 0 Å². The average Bonchev–Trinajstić information content (AvgIpc) is 2.90. The van der Waals surface area contributed by atoms with Gasteiger partial charge in [0.1, 0.15) is 0 Å². The van der Waals surface area contributed by atoms with E-state index in [0.29, 0.717) is 17.2 Å². The minimum Gasteiger partial charge on any atom is -0.493 e. The number of halogens is 1. The van der Waals surface area contributed by atoms with Gasteiger partial charge in [-0.1, -0.05) is 0 Å². The van der Waals surface area contributed by atoms with E-state index in [4.69, 9.17) is 19.9 Å². The highest BCUT2D eigenvalue weighted by Crippen LogP contribution is 2.43. The fraction of sp³-hybridized carbons (Fsp3) is 0.286. The molecule has 1 atom stereocenters. The highest BCUT2D eigenvalue weighted by Gasteiger charge is 2.22. The first kappa shape index (κ1) is 15.2. The monoisotopic (exact) mass is 357 g/mol. The Morgan fingerprint density at radius 1 is 1.00 bits per heavy atom. The van der Waals surface area contributed by atoms with Crippen LogP contribution in [0, 0.1) is 0 Å². The van der Waals surface area contributed by atoms with Crippen molar-refractivity contribution >= 4 is 27.3 Å². The predicted octanol–water partition coefficient (Wildman–Crippen LogP) is 3.58. The van der Waals surface area contributed by atoms with Crippen LogP contribution in [-0.4, -0.2) is 21.3 Å². The Balaban J connectivity index is 2.54. The molecule has 0 fully saturated rings. The molecule has 0 aliphatic heterocycles. The van der Waals surface area contributed by atoms with E-state index in [2.05, 4.69) is 15.9 Å². The molecule has 0 spiro atoms. The molecule has 4 nitrogen and oxygen atoms in total. The molecule has 2 aromatic rings. The largest absolute Gasteiger partial charge is 0.493 e. The van der Waals surface area contributed by atoms with Gasteiger partial charge in [0, 0.05) is 15.4 Å². The van der Waals surface area contributed by atoms with Gasteiger partial charge in [0.25, 0.3) is 0 Å². The molecule has 2 rings (SSSR count). The molecule has 6 heteroatoms. The molecule has 20 heavy (non-hydrogen) atoms. The van der Waals surface area contributed by atoms with Gasteiger partial charge in [-0.15, -0.1) is 0 Å². The Kier molecular flexibility index (Phi) is 4.91. The van der Waals surface area contributed by atoms with E-state index < -0.39 is 0 Å². The van der Waals surface area contributed by atoms with Crippen molar-refractivity contribution in [1.82, 2.24) is 0 Å². The van der Waals surface area contributed by atoms with Crippen LogP contribution in [0.25, 0.3) is 0 Å². The molecule has 0 saturated carbocycles. The van der Waals surface area contributed by atoms with Crippen molar-refractivity contribution in [3.8, 4) is 17.2 Å². The molecule has 0 radical (unpaired) electrons. The van der Waals surface area contributed by atoms with Crippen molar-refractivity contribution < 1.29 is 14.2 Å². The van der Waals surface area contributed by atoms with E-state index in [1.165, 1.54) is 0 Å². The second kappa shape index (κ2) is 6.47. The number of hydrogen-bond donors (Lipinski definition) is 1. The molecule has 1 heterocycles. The van der Waals surface area contributed by atoms with Gasteiger partial charge in [-0.25, -0.2) is 0 Å². The predicted molar refractivity (Wildman–Crippen MR) is 84.1 cm³/mol. The second-order valence-corrected chi connectivity index (χ2v) is 5.67. The number of methoxy groups -OCH3 is 3. The van der Waals surface area contributed by atoms with Crippen LogP contribution < -0.4 is 19.9 Å². The minimum atomic E-state index is -0.301. The van der Waals surface area contributed by atoms with E-state index in [1.54, 1.807) is 32.7 Å². The van der Waals surface area contributed by atoms with Crippen molar-refractivity contribution in [3.63, 3.8) is 0 Å². The van der Waals surface area contributed by atoms with Gasteiger partial charge in [0.15, 0.2) is 11.5 Å². The number of hydrogen-bond acceptors (Lipinski definition) is 5. The Morgan fingerprint density at radius 3 is 2.20 bits per heavy atom. The fourth-order valence-electron chi connectivity index (χ4n) is 2.05. The molecule has 1 aromatic heterocycles. The molecular weight excluding hydrogens is 342 g/mol. The topological polar surface area (TPSA) is 53.7 Å². The fourth-order valence-corrected chi connectivity index (χ4v) is 3.63.